The number of nitrogens with one attached hydrogen (secondary N) is 2. The number of benzene rings is 2. The summed E-state index contributed by atoms with van der Waals surface area (Å²) in [6, 6.07) is 14.0. The van der Waals surface area contributed by atoms with Crippen molar-refractivity contribution in [1.29, 1.82) is 0 Å². The summed E-state index contributed by atoms with van der Waals surface area (Å²) in [4.78, 5) is 24.2. The van der Waals surface area contributed by atoms with Crippen LogP contribution < -0.4 is 15.4 Å². The van der Waals surface area contributed by atoms with Gasteiger partial charge >= 0.3 is 12.0 Å². The maximum Gasteiger partial charge on any atom is 0.315 e. The van der Waals surface area contributed by atoms with E-state index in [1.165, 1.54) is 12.7 Å². The van der Waals surface area contributed by atoms with E-state index in [1.54, 1.807) is 25.3 Å². The molecule has 2 rings (SSSR count). The molecule has 2 aromatic rings. The van der Waals surface area contributed by atoms with Gasteiger partial charge in [-0.25, -0.2) is 4.79 Å². The first kappa shape index (κ1) is 22.6. The molecule has 7 heteroatoms. The van der Waals surface area contributed by atoms with Crippen LogP contribution in [0.2, 0.25) is 5.02 Å². The van der Waals surface area contributed by atoms with Gasteiger partial charge in [0.05, 0.1) is 26.7 Å². The highest BCUT2D eigenvalue weighted by Crippen LogP contribution is 2.25. The Balaban J connectivity index is 1.92. The van der Waals surface area contributed by atoms with E-state index >= 15 is 0 Å². The Labute approximate surface area is 176 Å². The van der Waals surface area contributed by atoms with Crippen LogP contribution in [0.3, 0.4) is 0 Å². The summed E-state index contributed by atoms with van der Waals surface area (Å²) >= 11 is 6.24. The molecular formula is C22H27ClN2O4. The lowest BCUT2D eigenvalue weighted by atomic mass is 10.0. The van der Waals surface area contributed by atoms with Crippen molar-refractivity contribution >= 4 is 23.6 Å². The molecule has 29 heavy (non-hydrogen) atoms. The van der Waals surface area contributed by atoms with Crippen molar-refractivity contribution in [3.8, 4) is 5.75 Å². The Morgan fingerprint density at radius 3 is 2.34 bits per heavy atom. The number of hydrogen-bond donors (Lipinski definition) is 2. The van der Waals surface area contributed by atoms with Gasteiger partial charge in [0, 0.05) is 11.1 Å². The third-order valence-corrected chi connectivity index (χ3v) is 4.93. The number of amides is 2. The second-order valence-electron chi connectivity index (χ2n) is 6.76. The number of ether oxygens (including phenoxy) is 2. The molecule has 0 heterocycles. The average Bonchev–Trinajstić information content (AvgIpc) is 2.72. The van der Waals surface area contributed by atoms with E-state index in [0.717, 1.165) is 18.6 Å². The maximum absolute atomic E-state index is 12.5. The molecule has 2 aromatic carbocycles. The van der Waals surface area contributed by atoms with Gasteiger partial charge in [-0.15, -0.1) is 0 Å². The molecular weight excluding hydrogens is 392 g/mol. The van der Waals surface area contributed by atoms with E-state index in [-0.39, 0.29) is 18.5 Å². The molecule has 6 nitrogen and oxygen atoms in total. The van der Waals surface area contributed by atoms with E-state index < -0.39 is 12.0 Å². The standard InChI is InChI=1S/C22H27ClN2O4/c1-15(8-9-16-10-12-17(28-2)13-11-16)24-22(27)25-20(14-21(26)29-3)18-6-4-5-7-19(18)23/h4-7,10-13,15,20H,8-9,14H2,1-3H3,(H2,24,25,27). The predicted octanol–water partition coefficient (Wildman–Crippen LogP) is 4.27. The largest absolute Gasteiger partial charge is 0.497 e. The highest BCUT2D eigenvalue weighted by Gasteiger charge is 2.21. The van der Waals surface area contributed by atoms with Crippen LogP contribution in [0, 0.1) is 0 Å². The van der Waals surface area contributed by atoms with Crippen LogP contribution in [0.5, 0.6) is 5.75 Å². The van der Waals surface area contributed by atoms with Crippen LogP contribution in [0.25, 0.3) is 0 Å². The minimum absolute atomic E-state index is 0.00607. The van der Waals surface area contributed by atoms with Crippen LogP contribution >= 0.6 is 11.6 Å². The predicted molar refractivity (Wildman–Crippen MR) is 113 cm³/mol. The fourth-order valence-electron chi connectivity index (χ4n) is 2.92. The zero-order valence-corrected chi connectivity index (χ0v) is 17.7. The Hall–Kier alpha value is -2.73. The number of esters is 1. The highest BCUT2D eigenvalue weighted by atomic mass is 35.5. The van der Waals surface area contributed by atoms with Crippen LogP contribution in [0.1, 0.15) is 36.9 Å². The van der Waals surface area contributed by atoms with Gasteiger partial charge in [-0.05, 0) is 49.1 Å². The van der Waals surface area contributed by atoms with E-state index in [1.807, 2.05) is 37.3 Å². The smallest absolute Gasteiger partial charge is 0.315 e. The minimum Gasteiger partial charge on any atom is -0.497 e. The molecule has 0 aliphatic rings. The topological polar surface area (TPSA) is 76.7 Å². The van der Waals surface area contributed by atoms with Crippen molar-refractivity contribution in [3.05, 3.63) is 64.7 Å². The molecule has 0 bridgehead atoms. The number of carbonyl (C=O) groups is 2. The number of aryl methyl sites for hydroxylation is 1. The second-order valence-corrected chi connectivity index (χ2v) is 7.17. The van der Waals surface area contributed by atoms with Crippen molar-refractivity contribution in [3.63, 3.8) is 0 Å². The molecule has 0 aliphatic heterocycles. The lowest BCUT2D eigenvalue weighted by Gasteiger charge is -2.21. The quantitative estimate of drug-likeness (QED) is 0.596. The molecule has 0 radical (unpaired) electrons. The number of carbonyl (C=O) groups excluding carboxylic acids is 2. The van der Waals surface area contributed by atoms with Crippen molar-refractivity contribution in [2.45, 2.75) is 38.3 Å². The van der Waals surface area contributed by atoms with E-state index in [2.05, 4.69) is 10.6 Å². The first-order valence-electron chi connectivity index (χ1n) is 9.44. The molecule has 2 N–H and O–H groups in total. The van der Waals surface area contributed by atoms with Crippen molar-refractivity contribution in [2.24, 2.45) is 0 Å². The highest BCUT2D eigenvalue weighted by molar-refractivity contribution is 6.31. The summed E-state index contributed by atoms with van der Waals surface area (Å²) in [7, 11) is 2.95. The van der Waals surface area contributed by atoms with E-state index in [9.17, 15) is 9.59 Å². The van der Waals surface area contributed by atoms with Gasteiger partial charge in [0.25, 0.3) is 0 Å². The zero-order valence-electron chi connectivity index (χ0n) is 16.9. The van der Waals surface area contributed by atoms with Crippen molar-refractivity contribution in [1.82, 2.24) is 10.6 Å². The van der Waals surface area contributed by atoms with Crippen LogP contribution in [-0.4, -0.2) is 32.3 Å². The molecule has 0 saturated carbocycles. The summed E-state index contributed by atoms with van der Waals surface area (Å²) in [6.07, 6.45) is 1.59. The molecule has 2 atom stereocenters. The second kappa shape index (κ2) is 11.3. The third kappa shape index (κ3) is 7.31. The van der Waals surface area contributed by atoms with Crippen molar-refractivity contribution < 1.29 is 19.1 Å². The van der Waals surface area contributed by atoms with Gasteiger partial charge in [-0.1, -0.05) is 41.9 Å². The van der Waals surface area contributed by atoms with Gasteiger partial charge in [-0.2, -0.15) is 0 Å². The Morgan fingerprint density at radius 2 is 1.72 bits per heavy atom. The van der Waals surface area contributed by atoms with Gasteiger partial charge in [0.2, 0.25) is 0 Å². The van der Waals surface area contributed by atoms with E-state index in [4.69, 9.17) is 21.1 Å². The van der Waals surface area contributed by atoms with Crippen molar-refractivity contribution in [2.75, 3.05) is 14.2 Å². The molecule has 2 unspecified atom stereocenters. The molecule has 2 amide bonds. The fraction of sp³-hybridized carbons (Fsp3) is 0.364. The number of methoxy groups -OCH3 is 2. The SMILES string of the molecule is COC(=O)CC(NC(=O)NC(C)CCc1ccc(OC)cc1)c1ccccc1Cl. The van der Waals surface area contributed by atoms with Gasteiger partial charge < -0.3 is 20.1 Å². The lowest BCUT2D eigenvalue weighted by Crippen LogP contribution is -2.43. The van der Waals surface area contributed by atoms with Gasteiger partial charge in [-0.3, -0.25) is 4.79 Å². The molecule has 0 spiro atoms. The molecule has 156 valence electrons. The zero-order chi connectivity index (χ0) is 21.2. The number of hydrogen-bond acceptors (Lipinski definition) is 4. The van der Waals surface area contributed by atoms with Gasteiger partial charge in [0.1, 0.15) is 5.75 Å². The van der Waals surface area contributed by atoms with Crippen LogP contribution in [0.4, 0.5) is 4.79 Å². The number of halogens is 1. The van der Waals surface area contributed by atoms with Gasteiger partial charge in [0.15, 0.2) is 0 Å². The molecule has 0 aromatic heterocycles. The minimum atomic E-state index is -0.579. The Kier molecular flexibility index (Phi) is 8.80. The molecule has 0 fully saturated rings. The average molecular weight is 419 g/mol. The monoisotopic (exact) mass is 418 g/mol. The first-order chi connectivity index (χ1) is 13.9. The summed E-state index contributed by atoms with van der Waals surface area (Å²) in [6.45, 7) is 1.94. The normalized spacial score (nSPS) is 12.6. The summed E-state index contributed by atoms with van der Waals surface area (Å²) in [5.74, 6) is 0.387. The lowest BCUT2D eigenvalue weighted by molar-refractivity contribution is -0.141. The number of urea groups is 1. The summed E-state index contributed by atoms with van der Waals surface area (Å²) in [5, 5.41) is 6.23. The van der Waals surface area contributed by atoms with E-state index in [0.29, 0.717) is 10.6 Å². The Bertz CT molecular complexity index is 811. The van der Waals surface area contributed by atoms with Crippen LogP contribution in [-0.2, 0) is 16.0 Å². The number of rotatable bonds is 9. The third-order valence-electron chi connectivity index (χ3n) is 4.59. The first-order valence-corrected chi connectivity index (χ1v) is 9.82. The summed E-state index contributed by atoms with van der Waals surface area (Å²) in [5.41, 5.74) is 1.83. The Morgan fingerprint density at radius 1 is 1.03 bits per heavy atom. The molecule has 0 aliphatic carbocycles. The molecule has 0 saturated heterocycles. The fourth-order valence-corrected chi connectivity index (χ4v) is 3.19. The summed E-state index contributed by atoms with van der Waals surface area (Å²) < 4.78 is 9.90. The maximum atomic E-state index is 12.5. The van der Waals surface area contributed by atoms with Crippen LogP contribution in [0.15, 0.2) is 48.5 Å².